The van der Waals surface area contributed by atoms with Crippen LogP contribution in [0.2, 0.25) is 0 Å². The normalized spacial score (nSPS) is 18.8. The van der Waals surface area contributed by atoms with Gasteiger partial charge in [-0.05, 0) is 32.4 Å². The van der Waals surface area contributed by atoms with Crippen LogP contribution in [0.3, 0.4) is 0 Å². The van der Waals surface area contributed by atoms with Gasteiger partial charge in [0.2, 0.25) is 0 Å². The summed E-state index contributed by atoms with van der Waals surface area (Å²) in [4.78, 5) is 0. The number of nitrogens with one attached hydrogen (secondary N) is 1. The van der Waals surface area contributed by atoms with E-state index in [-0.39, 0.29) is 11.0 Å². The van der Waals surface area contributed by atoms with Crippen molar-refractivity contribution in [3.63, 3.8) is 0 Å². The van der Waals surface area contributed by atoms with Gasteiger partial charge in [0.1, 0.15) is 0 Å². The summed E-state index contributed by atoms with van der Waals surface area (Å²) in [5.74, 6) is 0.220. The average Bonchev–Trinajstić information content (AvgIpc) is 2.05. The molecule has 0 spiro atoms. The maximum atomic E-state index is 11.5. The van der Waals surface area contributed by atoms with Crippen molar-refractivity contribution in [3.8, 4) is 0 Å². The lowest BCUT2D eigenvalue weighted by atomic mass is 10.2. The van der Waals surface area contributed by atoms with Crippen molar-refractivity contribution in [1.82, 2.24) is 5.32 Å². The van der Waals surface area contributed by atoms with Gasteiger partial charge in [0.05, 0.1) is 11.0 Å². The van der Waals surface area contributed by atoms with E-state index in [2.05, 4.69) is 5.32 Å². The van der Waals surface area contributed by atoms with Gasteiger partial charge in [0.15, 0.2) is 9.84 Å². The molecule has 0 amide bonds. The Balaban J connectivity index is 2.62. The van der Waals surface area contributed by atoms with Crippen molar-refractivity contribution in [2.45, 2.75) is 25.5 Å². The molecule has 1 heterocycles. The van der Waals surface area contributed by atoms with E-state index in [0.29, 0.717) is 0 Å². The van der Waals surface area contributed by atoms with Crippen LogP contribution in [0, 0.1) is 0 Å². The van der Waals surface area contributed by atoms with Crippen LogP contribution in [0.15, 0.2) is 11.6 Å². The molecule has 4 heteroatoms. The van der Waals surface area contributed by atoms with Gasteiger partial charge < -0.3 is 5.32 Å². The standard InChI is InChI=1S/C9H17NO2S/c1-8(2)13(11,12)7-9-4-3-5-10-6-9/h4,8,10H,3,5-7H2,1-2H3. The van der Waals surface area contributed by atoms with Gasteiger partial charge in [0.25, 0.3) is 0 Å². The van der Waals surface area contributed by atoms with Crippen LogP contribution in [0.5, 0.6) is 0 Å². The van der Waals surface area contributed by atoms with Crippen LogP contribution >= 0.6 is 0 Å². The van der Waals surface area contributed by atoms with E-state index in [1.54, 1.807) is 13.8 Å². The quantitative estimate of drug-likeness (QED) is 0.688. The zero-order chi connectivity index (χ0) is 9.90. The third kappa shape index (κ3) is 3.12. The first kappa shape index (κ1) is 10.7. The molecule has 1 aliphatic rings. The van der Waals surface area contributed by atoms with Gasteiger partial charge in [-0.25, -0.2) is 8.42 Å². The predicted octanol–water partition coefficient (Wildman–Crippen LogP) is 0.729. The fourth-order valence-corrected chi connectivity index (χ4v) is 2.30. The fraction of sp³-hybridized carbons (Fsp3) is 0.778. The largest absolute Gasteiger partial charge is 0.313 e. The van der Waals surface area contributed by atoms with E-state index in [9.17, 15) is 8.42 Å². The number of hydrogen-bond donors (Lipinski definition) is 1. The van der Waals surface area contributed by atoms with Crippen LogP contribution < -0.4 is 5.32 Å². The molecule has 3 nitrogen and oxygen atoms in total. The zero-order valence-electron chi connectivity index (χ0n) is 8.21. The topological polar surface area (TPSA) is 46.2 Å². The maximum Gasteiger partial charge on any atom is 0.156 e. The van der Waals surface area contributed by atoms with Crippen molar-refractivity contribution in [3.05, 3.63) is 11.6 Å². The molecule has 0 aliphatic carbocycles. The van der Waals surface area contributed by atoms with E-state index < -0.39 is 9.84 Å². The Morgan fingerprint density at radius 2 is 2.23 bits per heavy atom. The highest BCUT2D eigenvalue weighted by molar-refractivity contribution is 7.92. The molecular formula is C9H17NO2S. The van der Waals surface area contributed by atoms with Gasteiger partial charge in [-0.1, -0.05) is 6.08 Å². The molecular weight excluding hydrogens is 186 g/mol. The third-order valence-corrected chi connectivity index (χ3v) is 4.42. The van der Waals surface area contributed by atoms with E-state index in [0.717, 1.165) is 25.1 Å². The van der Waals surface area contributed by atoms with E-state index >= 15 is 0 Å². The second-order valence-electron chi connectivity index (χ2n) is 3.68. The Labute approximate surface area is 80.1 Å². The summed E-state index contributed by atoms with van der Waals surface area (Å²) in [5, 5.41) is 2.90. The molecule has 1 N–H and O–H groups in total. The first-order valence-electron chi connectivity index (χ1n) is 4.62. The minimum absolute atomic E-state index is 0.220. The van der Waals surface area contributed by atoms with Crippen LogP contribution in [0.25, 0.3) is 0 Å². The van der Waals surface area contributed by atoms with Crippen molar-refractivity contribution < 1.29 is 8.42 Å². The molecule has 0 aromatic heterocycles. The Morgan fingerprint density at radius 3 is 2.69 bits per heavy atom. The summed E-state index contributed by atoms with van der Waals surface area (Å²) < 4.78 is 23.1. The molecule has 0 radical (unpaired) electrons. The predicted molar refractivity (Wildman–Crippen MR) is 54.5 cm³/mol. The van der Waals surface area contributed by atoms with Crippen LogP contribution in [0.1, 0.15) is 20.3 Å². The molecule has 0 atom stereocenters. The molecule has 0 unspecified atom stereocenters. The Hall–Kier alpha value is -0.350. The van der Waals surface area contributed by atoms with E-state index in [1.807, 2.05) is 6.08 Å². The average molecular weight is 203 g/mol. The molecule has 1 rings (SSSR count). The highest BCUT2D eigenvalue weighted by atomic mass is 32.2. The second kappa shape index (κ2) is 4.24. The van der Waals surface area contributed by atoms with Crippen LogP contribution in [-0.2, 0) is 9.84 Å². The Bertz CT molecular complexity index is 291. The molecule has 13 heavy (non-hydrogen) atoms. The molecule has 0 aromatic carbocycles. The summed E-state index contributed by atoms with van der Waals surface area (Å²) in [6.07, 6.45) is 2.99. The molecule has 0 saturated carbocycles. The Morgan fingerprint density at radius 1 is 1.54 bits per heavy atom. The number of sulfone groups is 1. The lowest BCUT2D eigenvalue weighted by molar-refractivity contribution is 0.587. The van der Waals surface area contributed by atoms with Gasteiger partial charge in [0, 0.05) is 6.54 Å². The fourth-order valence-electron chi connectivity index (χ4n) is 1.23. The SMILES string of the molecule is CC(C)S(=O)(=O)CC1=CCCNC1. The Kier molecular flexibility index (Phi) is 3.50. The summed E-state index contributed by atoms with van der Waals surface area (Å²) in [5.41, 5.74) is 1.01. The van der Waals surface area contributed by atoms with Gasteiger partial charge >= 0.3 is 0 Å². The molecule has 0 fully saturated rings. The first-order valence-corrected chi connectivity index (χ1v) is 6.34. The van der Waals surface area contributed by atoms with Gasteiger partial charge in [-0.2, -0.15) is 0 Å². The summed E-state index contributed by atoms with van der Waals surface area (Å²) in [6, 6.07) is 0. The third-order valence-electron chi connectivity index (χ3n) is 2.21. The maximum absolute atomic E-state index is 11.5. The summed E-state index contributed by atoms with van der Waals surface area (Å²) in [6.45, 7) is 5.15. The van der Waals surface area contributed by atoms with Crippen molar-refractivity contribution >= 4 is 9.84 Å². The molecule has 0 bridgehead atoms. The number of hydrogen-bond acceptors (Lipinski definition) is 3. The molecule has 0 aromatic rings. The van der Waals surface area contributed by atoms with Crippen LogP contribution in [-0.4, -0.2) is 32.5 Å². The van der Waals surface area contributed by atoms with E-state index in [4.69, 9.17) is 0 Å². The second-order valence-corrected chi connectivity index (χ2v) is 6.24. The smallest absolute Gasteiger partial charge is 0.156 e. The van der Waals surface area contributed by atoms with Gasteiger partial charge in [-0.3, -0.25) is 0 Å². The van der Waals surface area contributed by atoms with Crippen molar-refractivity contribution in [2.24, 2.45) is 0 Å². The molecule has 76 valence electrons. The van der Waals surface area contributed by atoms with Gasteiger partial charge in [-0.15, -0.1) is 0 Å². The molecule has 1 aliphatic heterocycles. The first-order chi connectivity index (χ1) is 6.02. The van der Waals surface area contributed by atoms with Crippen molar-refractivity contribution in [1.29, 1.82) is 0 Å². The van der Waals surface area contributed by atoms with E-state index in [1.165, 1.54) is 0 Å². The van der Waals surface area contributed by atoms with Crippen molar-refractivity contribution in [2.75, 3.05) is 18.8 Å². The summed E-state index contributed by atoms with van der Waals surface area (Å²) in [7, 11) is -2.91. The monoisotopic (exact) mass is 203 g/mol. The molecule has 0 saturated heterocycles. The number of rotatable bonds is 3. The zero-order valence-corrected chi connectivity index (χ0v) is 9.02. The minimum Gasteiger partial charge on any atom is -0.313 e. The minimum atomic E-state index is -2.91. The highest BCUT2D eigenvalue weighted by Gasteiger charge is 2.18. The summed E-state index contributed by atoms with van der Waals surface area (Å²) >= 11 is 0. The van der Waals surface area contributed by atoms with Crippen LogP contribution in [0.4, 0.5) is 0 Å². The lowest BCUT2D eigenvalue weighted by Crippen LogP contribution is -2.28. The highest BCUT2D eigenvalue weighted by Crippen LogP contribution is 2.09. The lowest BCUT2D eigenvalue weighted by Gasteiger charge is -2.15.